The SMILES string of the molecule is CCCCCCCCC=CC(=O)OCC.O. The molecular formula is C13H26O3. The first-order valence-electron chi connectivity index (χ1n) is 6.14. The third kappa shape index (κ3) is 13.2. The first-order valence-corrected chi connectivity index (χ1v) is 6.14. The zero-order valence-electron chi connectivity index (χ0n) is 10.6. The first-order chi connectivity index (χ1) is 7.31. The Bertz CT molecular complexity index is 176. The van der Waals surface area contributed by atoms with E-state index < -0.39 is 0 Å². The number of carbonyl (C=O) groups excluding carboxylic acids is 1. The Morgan fingerprint density at radius 2 is 1.69 bits per heavy atom. The molecule has 0 aromatic rings. The summed E-state index contributed by atoms with van der Waals surface area (Å²) in [6.45, 7) is 4.50. The molecule has 0 radical (unpaired) electrons. The van der Waals surface area contributed by atoms with E-state index in [4.69, 9.17) is 4.74 Å². The van der Waals surface area contributed by atoms with Gasteiger partial charge in [-0.25, -0.2) is 4.79 Å². The third-order valence-corrected chi connectivity index (χ3v) is 2.26. The maximum atomic E-state index is 10.9. The van der Waals surface area contributed by atoms with Gasteiger partial charge in [-0.15, -0.1) is 0 Å². The first kappa shape index (κ1) is 17.6. The fourth-order valence-electron chi connectivity index (χ4n) is 1.41. The molecule has 0 amide bonds. The van der Waals surface area contributed by atoms with Crippen molar-refractivity contribution >= 4 is 5.97 Å². The molecule has 0 fully saturated rings. The Morgan fingerprint density at radius 3 is 2.31 bits per heavy atom. The highest BCUT2D eigenvalue weighted by Crippen LogP contribution is 2.07. The van der Waals surface area contributed by atoms with Crippen LogP contribution in [0.4, 0.5) is 0 Å². The van der Waals surface area contributed by atoms with E-state index in [0.717, 1.165) is 6.42 Å². The van der Waals surface area contributed by atoms with Crippen LogP contribution in [0.3, 0.4) is 0 Å². The Balaban J connectivity index is 0. The molecule has 0 rings (SSSR count). The van der Waals surface area contributed by atoms with Crippen molar-refractivity contribution in [2.75, 3.05) is 6.61 Å². The van der Waals surface area contributed by atoms with Gasteiger partial charge in [0.05, 0.1) is 6.61 Å². The monoisotopic (exact) mass is 230 g/mol. The van der Waals surface area contributed by atoms with E-state index in [1.165, 1.54) is 44.6 Å². The number of rotatable bonds is 9. The van der Waals surface area contributed by atoms with E-state index in [2.05, 4.69) is 6.92 Å². The minimum Gasteiger partial charge on any atom is -0.463 e. The summed E-state index contributed by atoms with van der Waals surface area (Å²) < 4.78 is 4.78. The lowest BCUT2D eigenvalue weighted by Crippen LogP contribution is -1.98. The van der Waals surface area contributed by atoms with Crippen molar-refractivity contribution in [1.82, 2.24) is 0 Å². The average molecular weight is 230 g/mol. The van der Waals surface area contributed by atoms with E-state index in [1.54, 1.807) is 0 Å². The van der Waals surface area contributed by atoms with Crippen molar-refractivity contribution in [1.29, 1.82) is 0 Å². The van der Waals surface area contributed by atoms with Crippen molar-refractivity contribution in [3.05, 3.63) is 12.2 Å². The molecule has 0 unspecified atom stereocenters. The molecule has 0 spiro atoms. The van der Waals surface area contributed by atoms with Gasteiger partial charge in [-0.2, -0.15) is 0 Å². The molecule has 3 heteroatoms. The predicted octanol–water partition coefficient (Wildman–Crippen LogP) is 3.03. The molecule has 0 bridgehead atoms. The number of hydrogen-bond acceptors (Lipinski definition) is 2. The average Bonchev–Trinajstić information content (AvgIpc) is 2.22. The van der Waals surface area contributed by atoms with Crippen LogP contribution in [-0.2, 0) is 9.53 Å². The van der Waals surface area contributed by atoms with Gasteiger partial charge in [-0.05, 0) is 19.8 Å². The maximum Gasteiger partial charge on any atom is 0.330 e. The Hall–Kier alpha value is -0.830. The van der Waals surface area contributed by atoms with Crippen LogP contribution in [0.1, 0.15) is 58.8 Å². The number of esters is 1. The molecular weight excluding hydrogens is 204 g/mol. The molecule has 0 heterocycles. The topological polar surface area (TPSA) is 57.8 Å². The van der Waals surface area contributed by atoms with Crippen molar-refractivity contribution in [2.45, 2.75) is 58.8 Å². The van der Waals surface area contributed by atoms with Crippen molar-refractivity contribution in [2.24, 2.45) is 0 Å². The number of ether oxygens (including phenoxy) is 1. The number of allylic oxidation sites excluding steroid dienone is 1. The van der Waals surface area contributed by atoms with Crippen LogP contribution < -0.4 is 0 Å². The van der Waals surface area contributed by atoms with Gasteiger partial charge in [0.15, 0.2) is 0 Å². The standard InChI is InChI=1S/C13H24O2.H2O/c1-3-5-6-7-8-9-10-11-12-13(14)15-4-2;/h11-12H,3-10H2,1-2H3;1H2. The highest BCUT2D eigenvalue weighted by Gasteiger charge is 1.92. The Labute approximate surface area is 99.2 Å². The van der Waals surface area contributed by atoms with Gasteiger partial charge < -0.3 is 10.2 Å². The molecule has 0 atom stereocenters. The zero-order chi connectivity index (χ0) is 11.4. The highest BCUT2D eigenvalue weighted by molar-refractivity contribution is 5.81. The maximum absolute atomic E-state index is 10.9. The van der Waals surface area contributed by atoms with E-state index in [9.17, 15) is 4.79 Å². The normalized spacial score (nSPS) is 10.1. The van der Waals surface area contributed by atoms with Gasteiger partial charge in [0.1, 0.15) is 0 Å². The van der Waals surface area contributed by atoms with Gasteiger partial charge in [-0.3, -0.25) is 0 Å². The van der Waals surface area contributed by atoms with E-state index in [1.807, 2.05) is 13.0 Å². The fourth-order valence-corrected chi connectivity index (χ4v) is 1.41. The van der Waals surface area contributed by atoms with Crippen LogP contribution in [0, 0.1) is 0 Å². The Morgan fingerprint density at radius 1 is 1.06 bits per heavy atom. The van der Waals surface area contributed by atoms with Gasteiger partial charge >= 0.3 is 5.97 Å². The van der Waals surface area contributed by atoms with Crippen molar-refractivity contribution in [3.63, 3.8) is 0 Å². The van der Waals surface area contributed by atoms with E-state index in [-0.39, 0.29) is 11.4 Å². The predicted molar refractivity (Wildman–Crippen MR) is 67.4 cm³/mol. The summed E-state index contributed by atoms with van der Waals surface area (Å²) in [5.74, 6) is -0.219. The molecule has 0 saturated heterocycles. The van der Waals surface area contributed by atoms with Gasteiger partial charge in [0.2, 0.25) is 0 Å². The number of unbranched alkanes of at least 4 members (excludes halogenated alkanes) is 6. The molecule has 0 aliphatic carbocycles. The molecule has 0 aromatic heterocycles. The van der Waals surface area contributed by atoms with Gasteiger partial charge in [0.25, 0.3) is 0 Å². The van der Waals surface area contributed by atoms with Crippen LogP contribution in [-0.4, -0.2) is 18.1 Å². The number of carbonyl (C=O) groups is 1. The second-order valence-corrected chi connectivity index (χ2v) is 3.71. The van der Waals surface area contributed by atoms with Crippen LogP contribution in [0.25, 0.3) is 0 Å². The minimum atomic E-state index is -0.219. The number of hydrogen-bond donors (Lipinski definition) is 0. The Kier molecular flexibility index (Phi) is 15.6. The molecule has 0 aliphatic rings. The molecule has 96 valence electrons. The molecule has 0 aliphatic heterocycles. The minimum absolute atomic E-state index is 0. The summed E-state index contributed by atoms with van der Waals surface area (Å²) in [5, 5.41) is 0. The smallest absolute Gasteiger partial charge is 0.330 e. The molecule has 0 saturated carbocycles. The lowest BCUT2D eigenvalue weighted by atomic mass is 10.1. The summed E-state index contributed by atoms with van der Waals surface area (Å²) in [6.07, 6.45) is 12.2. The summed E-state index contributed by atoms with van der Waals surface area (Å²) >= 11 is 0. The second-order valence-electron chi connectivity index (χ2n) is 3.71. The third-order valence-electron chi connectivity index (χ3n) is 2.26. The van der Waals surface area contributed by atoms with Gasteiger partial charge in [-0.1, -0.05) is 45.1 Å². The summed E-state index contributed by atoms with van der Waals surface area (Å²) in [6, 6.07) is 0. The summed E-state index contributed by atoms with van der Waals surface area (Å²) in [5.41, 5.74) is 0. The van der Waals surface area contributed by atoms with E-state index >= 15 is 0 Å². The lowest BCUT2D eigenvalue weighted by molar-refractivity contribution is -0.137. The zero-order valence-corrected chi connectivity index (χ0v) is 10.6. The van der Waals surface area contributed by atoms with Crippen LogP contribution >= 0.6 is 0 Å². The molecule has 0 aromatic carbocycles. The second kappa shape index (κ2) is 14.2. The molecule has 2 N–H and O–H groups in total. The quantitative estimate of drug-likeness (QED) is 0.347. The lowest BCUT2D eigenvalue weighted by Gasteiger charge is -1.97. The summed E-state index contributed by atoms with van der Waals surface area (Å²) in [7, 11) is 0. The van der Waals surface area contributed by atoms with Crippen LogP contribution in [0.5, 0.6) is 0 Å². The van der Waals surface area contributed by atoms with E-state index in [0.29, 0.717) is 6.61 Å². The molecule has 16 heavy (non-hydrogen) atoms. The highest BCUT2D eigenvalue weighted by atomic mass is 16.5. The van der Waals surface area contributed by atoms with Crippen molar-refractivity contribution < 1.29 is 15.0 Å². The van der Waals surface area contributed by atoms with Crippen LogP contribution in [0.2, 0.25) is 0 Å². The largest absolute Gasteiger partial charge is 0.463 e. The van der Waals surface area contributed by atoms with Crippen molar-refractivity contribution in [3.8, 4) is 0 Å². The summed E-state index contributed by atoms with van der Waals surface area (Å²) in [4.78, 5) is 10.9. The molecule has 3 nitrogen and oxygen atoms in total. The van der Waals surface area contributed by atoms with Crippen LogP contribution in [0.15, 0.2) is 12.2 Å². The van der Waals surface area contributed by atoms with Gasteiger partial charge in [0, 0.05) is 6.08 Å². The fraction of sp³-hybridized carbons (Fsp3) is 0.769.